The van der Waals surface area contributed by atoms with Gasteiger partial charge in [0.1, 0.15) is 0 Å². The van der Waals surface area contributed by atoms with Gasteiger partial charge in [-0.2, -0.15) is 0 Å². The van der Waals surface area contributed by atoms with Crippen LogP contribution in [-0.2, 0) is 6.54 Å². The van der Waals surface area contributed by atoms with E-state index < -0.39 is 5.97 Å². The van der Waals surface area contributed by atoms with Crippen molar-refractivity contribution in [1.29, 1.82) is 0 Å². The molecule has 0 atom stereocenters. The number of aromatic carboxylic acids is 1. The van der Waals surface area contributed by atoms with Crippen LogP contribution >= 0.6 is 11.3 Å². The quantitative estimate of drug-likeness (QED) is 0.861. The Labute approximate surface area is 151 Å². The second-order valence-corrected chi connectivity index (χ2v) is 7.72. The molecule has 0 bridgehead atoms. The molecule has 132 valence electrons. The first-order chi connectivity index (χ1) is 12.0. The summed E-state index contributed by atoms with van der Waals surface area (Å²) in [5.74, 6) is -0.871. The molecule has 1 amide bonds. The molecule has 6 heteroatoms. The van der Waals surface area contributed by atoms with Gasteiger partial charge in [0, 0.05) is 30.6 Å². The van der Waals surface area contributed by atoms with Crippen molar-refractivity contribution < 1.29 is 14.7 Å². The SMILES string of the molecule is Cc1ccc(C(=O)NC2CCN(Cc3ccc(C(=O)O)cc3)CC2)s1. The normalized spacial score (nSPS) is 15.9. The summed E-state index contributed by atoms with van der Waals surface area (Å²) in [6.07, 6.45) is 1.87. The molecule has 1 aromatic carbocycles. The Morgan fingerprint density at radius 2 is 1.84 bits per heavy atom. The van der Waals surface area contributed by atoms with Crippen LogP contribution in [0.3, 0.4) is 0 Å². The van der Waals surface area contributed by atoms with Crippen molar-refractivity contribution in [3.05, 3.63) is 57.3 Å². The van der Waals surface area contributed by atoms with Gasteiger partial charge in [-0.25, -0.2) is 4.79 Å². The third kappa shape index (κ3) is 4.67. The Bertz CT molecular complexity index is 746. The van der Waals surface area contributed by atoms with E-state index in [-0.39, 0.29) is 11.9 Å². The Morgan fingerprint density at radius 1 is 1.16 bits per heavy atom. The molecular formula is C19H22N2O3S. The van der Waals surface area contributed by atoms with Gasteiger partial charge in [0.05, 0.1) is 10.4 Å². The van der Waals surface area contributed by atoms with Crippen molar-refractivity contribution in [2.75, 3.05) is 13.1 Å². The molecule has 0 aliphatic carbocycles. The molecule has 1 saturated heterocycles. The van der Waals surface area contributed by atoms with Crippen LogP contribution in [0.15, 0.2) is 36.4 Å². The van der Waals surface area contributed by atoms with Crippen LogP contribution in [0.4, 0.5) is 0 Å². The number of nitrogens with one attached hydrogen (secondary N) is 1. The maximum atomic E-state index is 12.2. The zero-order chi connectivity index (χ0) is 17.8. The van der Waals surface area contributed by atoms with Gasteiger partial charge in [0.15, 0.2) is 0 Å². The van der Waals surface area contributed by atoms with Gasteiger partial charge in [-0.3, -0.25) is 9.69 Å². The standard InChI is InChI=1S/C19H22N2O3S/c1-13-2-7-17(25-13)18(22)20-16-8-10-21(11-9-16)12-14-3-5-15(6-4-14)19(23)24/h2-7,16H,8-12H2,1H3,(H,20,22)(H,23,24). The third-order valence-corrected chi connectivity index (χ3v) is 5.49. The van der Waals surface area contributed by atoms with E-state index in [0.29, 0.717) is 5.56 Å². The fraction of sp³-hybridized carbons (Fsp3) is 0.368. The lowest BCUT2D eigenvalue weighted by atomic mass is 10.0. The lowest BCUT2D eigenvalue weighted by Crippen LogP contribution is -2.44. The molecule has 0 unspecified atom stereocenters. The maximum Gasteiger partial charge on any atom is 0.335 e. The van der Waals surface area contributed by atoms with Crippen LogP contribution in [0.2, 0.25) is 0 Å². The number of nitrogens with zero attached hydrogens (tertiary/aromatic N) is 1. The van der Waals surface area contributed by atoms with Crippen molar-refractivity contribution in [2.45, 2.75) is 32.4 Å². The summed E-state index contributed by atoms with van der Waals surface area (Å²) < 4.78 is 0. The fourth-order valence-corrected chi connectivity index (χ4v) is 3.83. The number of benzene rings is 1. The van der Waals surface area contributed by atoms with Gasteiger partial charge < -0.3 is 10.4 Å². The van der Waals surface area contributed by atoms with E-state index in [9.17, 15) is 9.59 Å². The van der Waals surface area contributed by atoms with Gasteiger partial charge in [-0.15, -0.1) is 11.3 Å². The number of aryl methyl sites for hydroxylation is 1. The number of hydrogen-bond acceptors (Lipinski definition) is 4. The number of hydrogen-bond donors (Lipinski definition) is 2. The minimum atomic E-state index is -0.899. The molecule has 2 N–H and O–H groups in total. The van der Waals surface area contributed by atoms with Crippen molar-refractivity contribution in [2.24, 2.45) is 0 Å². The molecule has 25 heavy (non-hydrogen) atoms. The van der Waals surface area contributed by atoms with E-state index in [0.717, 1.165) is 47.8 Å². The molecule has 0 radical (unpaired) electrons. The number of amides is 1. The third-order valence-electron chi connectivity index (χ3n) is 4.49. The van der Waals surface area contributed by atoms with E-state index in [1.807, 2.05) is 31.2 Å². The number of piperidine rings is 1. The second-order valence-electron chi connectivity index (χ2n) is 6.44. The van der Waals surface area contributed by atoms with E-state index in [4.69, 9.17) is 5.11 Å². The van der Waals surface area contributed by atoms with Crippen LogP contribution in [0.1, 0.15) is 43.3 Å². The van der Waals surface area contributed by atoms with Gasteiger partial charge in [-0.05, 0) is 49.6 Å². The molecule has 0 spiro atoms. The zero-order valence-corrected chi connectivity index (χ0v) is 15.0. The van der Waals surface area contributed by atoms with Crippen molar-refractivity contribution in [3.63, 3.8) is 0 Å². The molecule has 1 aromatic heterocycles. The molecule has 1 aliphatic heterocycles. The number of carbonyl (C=O) groups is 2. The van der Waals surface area contributed by atoms with Crippen LogP contribution in [0.5, 0.6) is 0 Å². The summed E-state index contributed by atoms with van der Waals surface area (Å²) in [5.41, 5.74) is 1.43. The average molecular weight is 358 g/mol. The first-order valence-corrected chi connectivity index (χ1v) is 9.25. The van der Waals surface area contributed by atoms with E-state index in [2.05, 4.69) is 10.2 Å². The second kappa shape index (κ2) is 7.80. The van der Waals surface area contributed by atoms with Crippen LogP contribution in [0, 0.1) is 6.92 Å². The molecule has 2 aromatic rings. The Balaban J connectivity index is 1.47. The summed E-state index contributed by atoms with van der Waals surface area (Å²) in [6, 6.07) is 11.1. The van der Waals surface area contributed by atoms with Gasteiger partial charge in [-0.1, -0.05) is 12.1 Å². The number of rotatable bonds is 5. The number of thiophene rings is 1. The Kier molecular flexibility index (Phi) is 5.50. The van der Waals surface area contributed by atoms with Crippen LogP contribution < -0.4 is 5.32 Å². The lowest BCUT2D eigenvalue weighted by molar-refractivity contribution is 0.0696. The first-order valence-electron chi connectivity index (χ1n) is 8.43. The Hall–Kier alpha value is -2.18. The van der Waals surface area contributed by atoms with Gasteiger partial charge >= 0.3 is 5.97 Å². The summed E-state index contributed by atoms with van der Waals surface area (Å²) >= 11 is 1.53. The largest absolute Gasteiger partial charge is 0.478 e. The monoisotopic (exact) mass is 358 g/mol. The highest BCUT2D eigenvalue weighted by atomic mass is 32.1. The van der Waals surface area contributed by atoms with Gasteiger partial charge in [0.2, 0.25) is 0 Å². The van der Waals surface area contributed by atoms with E-state index >= 15 is 0 Å². The first kappa shape index (κ1) is 17.6. The van der Waals surface area contributed by atoms with Gasteiger partial charge in [0.25, 0.3) is 5.91 Å². The summed E-state index contributed by atoms with van der Waals surface area (Å²) in [4.78, 5) is 27.4. The number of carboxylic acid groups (broad SMARTS) is 1. The minimum absolute atomic E-state index is 0.0285. The van der Waals surface area contributed by atoms with Crippen molar-refractivity contribution in [3.8, 4) is 0 Å². The van der Waals surface area contributed by atoms with Crippen molar-refractivity contribution in [1.82, 2.24) is 10.2 Å². The average Bonchev–Trinajstić information content (AvgIpc) is 3.04. The zero-order valence-electron chi connectivity index (χ0n) is 14.2. The molecule has 0 saturated carbocycles. The molecule has 2 heterocycles. The smallest absolute Gasteiger partial charge is 0.335 e. The number of likely N-dealkylation sites (tertiary alicyclic amines) is 1. The van der Waals surface area contributed by atoms with E-state index in [1.165, 1.54) is 11.3 Å². The van der Waals surface area contributed by atoms with Crippen LogP contribution in [-0.4, -0.2) is 41.0 Å². The molecular weight excluding hydrogens is 336 g/mol. The predicted octanol–water partition coefficient (Wildman–Crippen LogP) is 3.15. The minimum Gasteiger partial charge on any atom is -0.478 e. The molecule has 3 rings (SSSR count). The summed E-state index contributed by atoms with van der Waals surface area (Å²) in [5, 5.41) is 12.1. The fourth-order valence-electron chi connectivity index (χ4n) is 3.06. The van der Waals surface area contributed by atoms with E-state index in [1.54, 1.807) is 12.1 Å². The Morgan fingerprint density at radius 3 is 2.40 bits per heavy atom. The highest BCUT2D eigenvalue weighted by molar-refractivity contribution is 7.13. The summed E-state index contributed by atoms with van der Waals surface area (Å²) in [7, 11) is 0. The highest BCUT2D eigenvalue weighted by Gasteiger charge is 2.21. The molecule has 5 nitrogen and oxygen atoms in total. The topological polar surface area (TPSA) is 69.6 Å². The maximum absolute atomic E-state index is 12.2. The number of carbonyl (C=O) groups excluding carboxylic acids is 1. The number of carboxylic acids is 1. The molecule has 1 aliphatic rings. The predicted molar refractivity (Wildman–Crippen MR) is 98.2 cm³/mol. The molecule has 1 fully saturated rings. The van der Waals surface area contributed by atoms with Crippen molar-refractivity contribution >= 4 is 23.2 Å². The highest BCUT2D eigenvalue weighted by Crippen LogP contribution is 2.18. The lowest BCUT2D eigenvalue weighted by Gasteiger charge is -2.32. The summed E-state index contributed by atoms with van der Waals surface area (Å²) in [6.45, 7) is 4.66. The van der Waals surface area contributed by atoms with Crippen LogP contribution in [0.25, 0.3) is 0 Å².